The first-order valence-corrected chi connectivity index (χ1v) is 4.72. The Morgan fingerprint density at radius 2 is 2.33 bits per heavy atom. The first kappa shape index (κ1) is 11.4. The van der Waals surface area contributed by atoms with Crippen LogP contribution in [-0.4, -0.2) is 30.6 Å². The highest BCUT2D eigenvalue weighted by atomic mass is 16.2. The molecular weight excluding hydrogens is 196 g/mol. The molecule has 1 aliphatic rings. The smallest absolute Gasteiger partial charge is 0.267 e. The standard InChI is InChI=1S/C9H14N4O2/c10-5-1-2-6-11-9(15)7-3-4-8(14)13-12-7/h1-2H,3-6,10H2,(H,11,15)(H,13,14)/b2-1+. The summed E-state index contributed by atoms with van der Waals surface area (Å²) >= 11 is 0. The van der Waals surface area contributed by atoms with E-state index < -0.39 is 0 Å². The number of nitrogens with zero attached hydrogens (tertiary/aromatic N) is 1. The summed E-state index contributed by atoms with van der Waals surface area (Å²) in [6.07, 6.45) is 4.22. The van der Waals surface area contributed by atoms with Gasteiger partial charge in [-0.1, -0.05) is 12.2 Å². The maximum atomic E-state index is 11.4. The van der Waals surface area contributed by atoms with Crippen molar-refractivity contribution in [3.05, 3.63) is 12.2 Å². The van der Waals surface area contributed by atoms with Gasteiger partial charge in [0.25, 0.3) is 5.91 Å². The topological polar surface area (TPSA) is 96.6 Å². The maximum Gasteiger partial charge on any atom is 0.267 e. The summed E-state index contributed by atoms with van der Waals surface area (Å²) in [4.78, 5) is 22.2. The van der Waals surface area contributed by atoms with Gasteiger partial charge in [0, 0.05) is 25.9 Å². The molecule has 2 amide bonds. The lowest BCUT2D eigenvalue weighted by Gasteiger charge is -2.10. The number of nitrogens with one attached hydrogen (secondary N) is 2. The first-order chi connectivity index (χ1) is 7.24. The zero-order valence-electron chi connectivity index (χ0n) is 8.32. The van der Waals surface area contributed by atoms with Gasteiger partial charge in [-0.3, -0.25) is 9.59 Å². The van der Waals surface area contributed by atoms with Gasteiger partial charge in [-0.2, -0.15) is 5.10 Å². The summed E-state index contributed by atoms with van der Waals surface area (Å²) in [6.45, 7) is 0.871. The van der Waals surface area contributed by atoms with Crippen LogP contribution in [0.4, 0.5) is 0 Å². The van der Waals surface area contributed by atoms with Crippen LogP contribution in [0, 0.1) is 0 Å². The van der Waals surface area contributed by atoms with Crippen LogP contribution in [0.2, 0.25) is 0 Å². The molecule has 0 bridgehead atoms. The fourth-order valence-corrected chi connectivity index (χ4v) is 1.07. The molecule has 0 saturated heterocycles. The van der Waals surface area contributed by atoms with Gasteiger partial charge >= 0.3 is 0 Å². The first-order valence-electron chi connectivity index (χ1n) is 4.72. The second kappa shape index (κ2) is 5.92. The van der Waals surface area contributed by atoms with Gasteiger partial charge in [0.05, 0.1) is 0 Å². The Hall–Kier alpha value is -1.69. The summed E-state index contributed by atoms with van der Waals surface area (Å²) in [5, 5.41) is 6.30. The lowest BCUT2D eigenvalue weighted by atomic mass is 10.1. The highest BCUT2D eigenvalue weighted by Gasteiger charge is 2.17. The Morgan fingerprint density at radius 3 is 2.93 bits per heavy atom. The molecule has 1 aliphatic heterocycles. The van der Waals surface area contributed by atoms with E-state index in [9.17, 15) is 9.59 Å². The number of amides is 2. The van der Waals surface area contributed by atoms with Crippen LogP contribution in [0.1, 0.15) is 12.8 Å². The van der Waals surface area contributed by atoms with Crippen LogP contribution < -0.4 is 16.5 Å². The van der Waals surface area contributed by atoms with Crippen molar-refractivity contribution in [3.63, 3.8) is 0 Å². The van der Waals surface area contributed by atoms with Crippen molar-refractivity contribution in [3.8, 4) is 0 Å². The second-order valence-corrected chi connectivity index (χ2v) is 3.01. The fourth-order valence-electron chi connectivity index (χ4n) is 1.07. The number of hydrogen-bond donors (Lipinski definition) is 3. The summed E-state index contributed by atoms with van der Waals surface area (Å²) in [7, 11) is 0. The van der Waals surface area contributed by atoms with Crippen molar-refractivity contribution < 1.29 is 9.59 Å². The van der Waals surface area contributed by atoms with Crippen molar-refractivity contribution in [1.82, 2.24) is 10.7 Å². The Bertz CT molecular complexity index is 309. The lowest BCUT2D eigenvalue weighted by Crippen LogP contribution is -2.36. The van der Waals surface area contributed by atoms with Crippen LogP contribution in [0.5, 0.6) is 0 Å². The fraction of sp³-hybridized carbons (Fsp3) is 0.444. The SMILES string of the molecule is NC/C=C/CNC(=O)C1=NNC(=O)CC1. The molecule has 15 heavy (non-hydrogen) atoms. The van der Waals surface area contributed by atoms with Gasteiger partial charge in [0.15, 0.2) is 0 Å². The van der Waals surface area contributed by atoms with E-state index in [-0.39, 0.29) is 11.8 Å². The molecule has 0 fully saturated rings. The lowest BCUT2D eigenvalue weighted by molar-refractivity contribution is -0.121. The van der Waals surface area contributed by atoms with Crippen LogP contribution in [0.15, 0.2) is 17.3 Å². The third-order valence-electron chi connectivity index (χ3n) is 1.85. The number of rotatable bonds is 4. The minimum absolute atomic E-state index is 0.158. The van der Waals surface area contributed by atoms with E-state index in [0.29, 0.717) is 31.6 Å². The van der Waals surface area contributed by atoms with Crippen LogP contribution in [0.3, 0.4) is 0 Å². The van der Waals surface area contributed by atoms with E-state index in [0.717, 1.165) is 0 Å². The molecule has 0 aromatic heterocycles. The van der Waals surface area contributed by atoms with E-state index in [1.807, 2.05) is 0 Å². The summed E-state index contributed by atoms with van der Waals surface area (Å²) in [5.74, 6) is -0.411. The molecule has 0 spiro atoms. The Morgan fingerprint density at radius 1 is 1.53 bits per heavy atom. The predicted octanol–water partition coefficient (Wildman–Crippen LogP) is -1.12. The molecule has 4 N–H and O–H groups in total. The van der Waals surface area contributed by atoms with Crippen molar-refractivity contribution in [2.75, 3.05) is 13.1 Å². The van der Waals surface area contributed by atoms with E-state index >= 15 is 0 Å². The molecule has 6 heteroatoms. The number of hydrogen-bond acceptors (Lipinski definition) is 4. The highest BCUT2D eigenvalue weighted by molar-refractivity contribution is 6.39. The molecule has 0 aromatic rings. The molecular formula is C9H14N4O2. The molecule has 82 valence electrons. The van der Waals surface area contributed by atoms with Crippen molar-refractivity contribution in [2.24, 2.45) is 10.8 Å². The molecule has 1 rings (SSSR count). The van der Waals surface area contributed by atoms with Gasteiger partial charge in [-0.05, 0) is 0 Å². The predicted molar refractivity (Wildman–Crippen MR) is 56.0 cm³/mol. The number of nitrogens with two attached hydrogens (primary N) is 1. The van der Waals surface area contributed by atoms with Crippen LogP contribution >= 0.6 is 0 Å². The average Bonchev–Trinajstić information content (AvgIpc) is 2.25. The monoisotopic (exact) mass is 210 g/mol. The molecule has 0 unspecified atom stereocenters. The minimum atomic E-state index is -0.253. The molecule has 0 aromatic carbocycles. The normalized spacial score (nSPS) is 16.1. The molecule has 6 nitrogen and oxygen atoms in total. The van der Waals surface area contributed by atoms with Crippen molar-refractivity contribution in [1.29, 1.82) is 0 Å². The van der Waals surface area contributed by atoms with Crippen LogP contribution in [-0.2, 0) is 9.59 Å². The van der Waals surface area contributed by atoms with Gasteiger partial charge in [-0.15, -0.1) is 0 Å². The van der Waals surface area contributed by atoms with Gasteiger partial charge in [0.2, 0.25) is 5.91 Å². The van der Waals surface area contributed by atoms with Crippen LogP contribution in [0.25, 0.3) is 0 Å². The van der Waals surface area contributed by atoms with Crippen molar-refractivity contribution >= 4 is 17.5 Å². The van der Waals surface area contributed by atoms with Gasteiger partial charge < -0.3 is 11.1 Å². The second-order valence-electron chi connectivity index (χ2n) is 3.01. The zero-order valence-corrected chi connectivity index (χ0v) is 8.32. The third-order valence-corrected chi connectivity index (χ3v) is 1.85. The van der Waals surface area contributed by atoms with E-state index in [2.05, 4.69) is 15.8 Å². The summed E-state index contributed by atoms with van der Waals surface area (Å²) in [5.41, 5.74) is 7.85. The third kappa shape index (κ3) is 3.90. The number of carbonyl (C=O) groups excluding carboxylic acids is 2. The van der Waals surface area contributed by atoms with E-state index in [1.54, 1.807) is 12.2 Å². The summed E-state index contributed by atoms with van der Waals surface area (Å²) in [6, 6.07) is 0. The Kier molecular flexibility index (Phi) is 4.49. The summed E-state index contributed by atoms with van der Waals surface area (Å²) < 4.78 is 0. The van der Waals surface area contributed by atoms with E-state index in [1.165, 1.54) is 0 Å². The van der Waals surface area contributed by atoms with Gasteiger partial charge in [0.1, 0.15) is 5.71 Å². The largest absolute Gasteiger partial charge is 0.347 e. The Balaban J connectivity index is 2.34. The number of carbonyl (C=O) groups is 2. The zero-order chi connectivity index (χ0) is 11.1. The number of hydrazone groups is 1. The quantitative estimate of drug-likeness (QED) is 0.513. The van der Waals surface area contributed by atoms with Crippen molar-refractivity contribution in [2.45, 2.75) is 12.8 Å². The minimum Gasteiger partial charge on any atom is -0.347 e. The molecule has 0 atom stereocenters. The van der Waals surface area contributed by atoms with Gasteiger partial charge in [-0.25, -0.2) is 5.43 Å². The molecule has 1 heterocycles. The van der Waals surface area contributed by atoms with E-state index in [4.69, 9.17) is 5.73 Å². The highest BCUT2D eigenvalue weighted by Crippen LogP contribution is 1.98. The molecule has 0 radical (unpaired) electrons. The average molecular weight is 210 g/mol. The Labute approximate surface area is 87.6 Å². The maximum absolute atomic E-state index is 11.4. The molecule has 0 aliphatic carbocycles. The molecule has 0 saturated carbocycles.